The molecule has 1 N–H and O–H groups in total. The summed E-state index contributed by atoms with van der Waals surface area (Å²) in [6, 6.07) is 5.05. The van der Waals surface area contributed by atoms with E-state index in [-0.39, 0.29) is 17.7 Å². The minimum atomic E-state index is -0.455. The molecule has 2 aromatic heterocycles. The summed E-state index contributed by atoms with van der Waals surface area (Å²) in [4.78, 5) is 25.9. The Balaban J connectivity index is 1.57. The number of aromatic hydroxyl groups is 1. The van der Waals surface area contributed by atoms with Crippen LogP contribution in [0.15, 0.2) is 31.8 Å². The molecule has 0 aliphatic heterocycles. The maximum Gasteiger partial charge on any atom is 0.336 e. The van der Waals surface area contributed by atoms with E-state index in [1.807, 2.05) is 6.92 Å². The van der Waals surface area contributed by atoms with Crippen LogP contribution in [0.25, 0.3) is 11.0 Å². The number of phenols is 1. The zero-order chi connectivity index (χ0) is 19.8. The molecule has 1 aliphatic rings. The van der Waals surface area contributed by atoms with Gasteiger partial charge in [-0.15, -0.1) is 10.2 Å². The first-order valence-corrected chi connectivity index (χ1v) is 10.8. The third-order valence-corrected chi connectivity index (χ3v) is 6.76. The molecule has 1 fully saturated rings. The molecule has 0 unspecified atom stereocenters. The average molecular weight is 418 g/mol. The maximum absolute atomic E-state index is 12.2. The molecule has 9 heteroatoms. The van der Waals surface area contributed by atoms with Gasteiger partial charge in [-0.25, -0.2) is 4.79 Å². The molecule has 0 atom stereocenters. The minimum absolute atomic E-state index is 0.0668. The van der Waals surface area contributed by atoms with Gasteiger partial charge < -0.3 is 9.52 Å². The van der Waals surface area contributed by atoms with Gasteiger partial charge in [-0.2, -0.15) is 0 Å². The molecular formula is C19H19N3O4S2. The van der Waals surface area contributed by atoms with Crippen molar-refractivity contribution >= 4 is 45.1 Å². The second-order valence-corrected chi connectivity index (χ2v) is 8.84. The van der Waals surface area contributed by atoms with E-state index in [2.05, 4.69) is 10.2 Å². The van der Waals surface area contributed by atoms with Crippen molar-refractivity contribution in [3.8, 4) is 5.75 Å². The molecule has 1 saturated carbocycles. The second kappa shape index (κ2) is 7.56. The number of benzene rings is 1. The molecule has 1 amide bonds. The van der Waals surface area contributed by atoms with Crippen LogP contribution in [0.3, 0.4) is 0 Å². The van der Waals surface area contributed by atoms with Gasteiger partial charge in [-0.3, -0.25) is 9.69 Å². The molecule has 7 nitrogen and oxygen atoms in total. The number of thioether (sulfide) groups is 1. The highest BCUT2D eigenvalue weighted by Gasteiger charge is 2.35. The lowest BCUT2D eigenvalue weighted by Gasteiger charge is -2.17. The summed E-state index contributed by atoms with van der Waals surface area (Å²) in [7, 11) is 0. The summed E-state index contributed by atoms with van der Waals surface area (Å²) in [5.41, 5.74) is 1.29. The van der Waals surface area contributed by atoms with E-state index in [4.69, 9.17) is 4.42 Å². The van der Waals surface area contributed by atoms with Crippen molar-refractivity contribution in [2.24, 2.45) is 0 Å². The predicted octanol–water partition coefficient (Wildman–Crippen LogP) is 3.86. The van der Waals surface area contributed by atoms with E-state index in [9.17, 15) is 14.7 Å². The molecule has 146 valence electrons. The van der Waals surface area contributed by atoms with Crippen molar-refractivity contribution in [3.63, 3.8) is 0 Å². The zero-order valence-electron chi connectivity index (χ0n) is 15.5. The molecule has 2 heterocycles. The molecule has 28 heavy (non-hydrogen) atoms. The molecular weight excluding hydrogens is 398 g/mol. The smallest absolute Gasteiger partial charge is 0.336 e. The van der Waals surface area contributed by atoms with Crippen LogP contribution in [0.4, 0.5) is 5.13 Å². The summed E-state index contributed by atoms with van der Waals surface area (Å²) in [6.07, 6.45) is 2.45. The lowest BCUT2D eigenvalue weighted by atomic mass is 10.1. The fourth-order valence-electron chi connectivity index (χ4n) is 3.00. The van der Waals surface area contributed by atoms with E-state index >= 15 is 0 Å². The van der Waals surface area contributed by atoms with Crippen LogP contribution in [-0.4, -0.2) is 27.3 Å². The highest BCUT2D eigenvalue weighted by molar-refractivity contribution is 8.00. The molecule has 0 bridgehead atoms. The summed E-state index contributed by atoms with van der Waals surface area (Å²) < 4.78 is 6.02. The van der Waals surface area contributed by atoms with Gasteiger partial charge in [-0.1, -0.05) is 30.0 Å². The first kappa shape index (κ1) is 18.9. The summed E-state index contributed by atoms with van der Waals surface area (Å²) in [5, 5.41) is 19.7. The Kier molecular flexibility index (Phi) is 5.11. The maximum atomic E-state index is 12.2. The molecule has 0 saturated heterocycles. The van der Waals surface area contributed by atoms with Crippen LogP contribution >= 0.6 is 23.1 Å². The average Bonchev–Trinajstić information content (AvgIpc) is 3.40. The molecule has 4 rings (SSSR count). The van der Waals surface area contributed by atoms with Crippen molar-refractivity contribution in [2.75, 3.05) is 4.90 Å². The van der Waals surface area contributed by atoms with Gasteiger partial charge in [0.2, 0.25) is 11.0 Å². The zero-order valence-corrected chi connectivity index (χ0v) is 17.1. The molecule has 1 aliphatic carbocycles. The number of rotatable bonds is 6. The van der Waals surface area contributed by atoms with Crippen LogP contribution in [0.2, 0.25) is 0 Å². The number of hydrogen-bond acceptors (Lipinski definition) is 8. The molecule has 1 aromatic carbocycles. The first-order valence-electron chi connectivity index (χ1n) is 9.01. The number of nitrogens with zero attached hydrogens (tertiary/aromatic N) is 3. The van der Waals surface area contributed by atoms with Gasteiger partial charge in [0, 0.05) is 35.2 Å². The van der Waals surface area contributed by atoms with Crippen LogP contribution in [0.1, 0.15) is 37.3 Å². The van der Waals surface area contributed by atoms with Crippen LogP contribution in [-0.2, 0) is 10.5 Å². The van der Waals surface area contributed by atoms with E-state index in [1.165, 1.54) is 29.2 Å². The van der Waals surface area contributed by atoms with Gasteiger partial charge >= 0.3 is 5.63 Å². The normalized spacial score (nSPS) is 13.8. The van der Waals surface area contributed by atoms with Crippen molar-refractivity contribution in [1.82, 2.24) is 10.2 Å². The number of aryl methyl sites for hydroxylation is 1. The fourth-order valence-corrected chi connectivity index (χ4v) is 4.92. The number of phenolic OH excluding ortho intramolecular Hbond substituents is 1. The Morgan fingerprint density at radius 2 is 2.18 bits per heavy atom. The fraction of sp³-hybridized carbons (Fsp3) is 0.368. The third-order valence-electron chi connectivity index (χ3n) is 4.65. The number of hydrogen-bond donors (Lipinski definition) is 1. The van der Waals surface area contributed by atoms with E-state index in [0.717, 1.165) is 28.1 Å². The quantitative estimate of drug-likeness (QED) is 0.369. The molecule has 0 spiro atoms. The minimum Gasteiger partial charge on any atom is -0.508 e. The number of fused-ring (bicyclic) bond motifs is 1. The summed E-state index contributed by atoms with van der Waals surface area (Å²) >= 11 is 2.85. The van der Waals surface area contributed by atoms with Crippen molar-refractivity contribution < 1.29 is 14.3 Å². The third kappa shape index (κ3) is 3.64. The highest BCUT2D eigenvalue weighted by atomic mass is 32.2. The molecule has 3 aromatic rings. The SMILES string of the molecule is CCC(=O)N(c1nnc(SCc2cc(=O)oc3c(C)c(O)ccc23)s1)C1CC1. The number of carbonyl (C=O) groups excluding carboxylic acids is 1. The van der Waals surface area contributed by atoms with Crippen molar-refractivity contribution in [3.05, 3.63) is 39.7 Å². The van der Waals surface area contributed by atoms with Crippen molar-refractivity contribution in [1.29, 1.82) is 0 Å². The van der Waals surface area contributed by atoms with Crippen LogP contribution in [0.5, 0.6) is 5.75 Å². The standard InChI is InChI=1S/C19H19N3O4S2/c1-3-15(24)22(12-4-5-12)18-20-21-19(28-18)27-9-11-8-16(25)26-17-10(2)14(23)7-6-13(11)17/h6-8,12,23H,3-5,9H2,1-2H3. The van der Waals surface area contributed by atoms with Gasteiger partial charge in [0.25, 0.3) is 0 Å². The van der Waals surface area contributed by atoms with Gasteiger partial charge in [0.1, 0.15) is 11.3 Å². The Labute approximate surface area is 169 Å². The number of aromatic nitrogens is 2. The van der Waals surface area contributed by atoms with Gasteiger partial charge in [-0.05, 0) is 37.5 Å². The Morgan fingerprint density at radius 3 is 2.89 bits per heavy atom. The topological polar surface area (TPSA) is 96.5 Å². The van der Waals surface area contributed by atoms with E-state index in [1.54, 1.807) is 24.0 Å². The number of anilines is 1. The predicted molar refractivity (Wildman–Crippen MR) is 109 cm³/mol. The van der Waals surface area contributed by atoms with Gasteiger partial charge in [0.15, 0.2) is 4.34 Å². The Bertz CT molecular complexity index is 1100. The second-order valence-electron chi connectivity index (χ2n) is 6.66. The van der Waals surface area contributed by atoms with Crippen molar-refractivity contribution in [2.45, 2.75) is 49.2 Å². The first-order chi connectivity index (χ1) is 13.5. The Hall–Kier alpha value is -2.39. The monoisotopic (exact) mass is 417 g/mol. The summed E-state index contributed by atoms with van der Waals surface area (Å²) in [5.74, 6) is 0.665. The number of carbonyl (C=O) groups is 1. The van der Waals surface area contributed by atoms with Crippen LogP contribution < -0.4 is 10.5 Å². The van der Waals surface area contributed by atoms with E-state index < -0.39 is 5.63 Å². The summed E-state index contributed by atoms with van der Waals surface area (Å²) in [6.45, 7) is 3.56. The van der Waals surface area contributed by atoms with E-state index in [0.29, 0.717) is 28.5 Å². The van der Waals surface area contributed by atoms with Gasteiger partial charge in [0.05, 0.1) is 0 Å². The lowest BCUT2D eigenvalue weighted by molar-refractivity contribution is -0.118. The number of amides is 1. The Morgan fingerprint density at radius 1 is 1.39 bits per heavy atom. The lowest BCUT2D eigenvalue weighted by Crippen LogP contribution is -2.32. The highest BCUT2D eigenvalue weighted by Crippen LogP contribution is 2.37. The largest absolute Gasteiger partial charge is 0.508 e. The molecule has 0 radical (unpaired) electrons. The van der Waals surface area contributed by atoms with Crippen LogP contribution in [0, 0.1) is 6.92 Å².